The molecule has 3 N–H and O–H groups in total. The zero-order valence-electron chi connectivity index (χ0n) is 15.0. The summed E-state index contributed by atoms with van der Waals surface area (Å²) in [6.45, 7) is 4.36. The van der Waals surface area contributed by atoms with Gasteiger partial charge in [0.05, 0.1) is 11.1 Å². The summed E-state index contributed by atoms with van der Waals surface area (Å²) in [5, 5.41) is 2.18. The first-order valence-corrected chi connectivity index (χ1v) is 8.44. The van der Waals surface area contributed by atoms with E-state index in [1.807, 2.05) is 25.8 Å². The van der Waals surface area contributed by atoms with Gasteiger partial charge in [0.1, 0.15) is 6.04 Å². The summed E-state index contributed by atoms with van der Waals surface area (Å²) in [7, 11) is 1.86. The van der Waals surface area contributed by atoms with Crippen molar-refractivity contribution in [2.24, 2.45) is 5.73 Å². The molecule has 0 bridgehead atoms. The number of nitrogens with one attached hydrogen (secondary N) is 1. The second kappa shape index (κ2) is 6.21. The average molecular weight is 358 g/mol. The van der Waals surface area contributed by atoms with Crippen LogP contribution in [-0.4, -0.2) is 53.7 Å². The molecule has 2 aliphatic heterocycles. The number of piperidine rings is 1. The van der Waals surface area contributed by atoms with E-state index in [1.54, 1.807) is 18.2 Å². The van der Waals surface area contributed by atoms with E-state index >= 15 is 0 Å². The number of carbonyl (C=O) groups is 4. The molecule has 8 nitrogen and oxygen atoms in total. The molecule has 26 heavy (non-hydrogen) atoms. The van der Waals surface area contributed by atoms with Crippen molar-refractivity contribution < 1.29 is 19.2 Å². The van der Waals surface area contributed by atoms with Crippen LogP contribution in [0.3, 0.4) is 0 Å². The third-order valence-electron chi connectivity index (χ3n) is 4.51. The Balaban J connectivity index is 1.88. The fraction of sp³-hybridized carbons (Fsp3) is 0.444. The number of benzene rings is 1. The number of hydrogen-bond acceptors (Lipinski definition) is 6. The molecular weight excluding hydrogens is 336 g/mol. The van der Waals surface area contributed by atoms with Gasteiger partial charge in [-0.25, -0.2) is 0 Å². The Labute approximate surface area is 151 Å². The molecule has 1 atom stereocenters. The lowest BCUT2D eigenvalue weighted by Crippen LogP contribution is -2.54. The molecule has 4 amide bonds. The zero-order chi connectivity index (χ0) is 19.2. The summed E-state index contributed by atoms with van der Waals surface area (Å²) >= 11 is 0. The number of anilines is 1. The lowest BCUT2D eigenvalue weighted by atomic mass is 10.0. The summed E-state index contributed by atoms with van der Waals surface area (Å²) in [5.74, 6) is -2.02. The standard InChI is InChI=1S/C18H22N4O4/c1-18(2,19)9-21(3)10-4-5-11-12(8-10)17(26)22(16(11)25)13-6-7-14(23)20-15(13)24/h4-5,8,13H,6-7,9,19H2,1-3H3,(H,20,23,24). The molecule has 2 aliphatic rings. The van der Waals surface area contributed by atoms with E-state index in [9.17, 15) is 19.2 Å². The topological polar surface area (TPSA) is 113 Å². The SMILES string of the molecule is CN(CC(C)(C)N)c1ccc2c(c1)C(=O)N(C1CCC(=O)NC1=O)C2=O. The van der Waals surface area contributed by atoms with Crippen LogP contribution in [0, 0.1) is 0 Å². The first kappa shape index (κ1) is 18.1. The summed E-state index contributed by atoms with van der Waals surface area (Å²) in [6.07, 6.45) is 0.244. The van der Waals surface area contributed by atoms with Crippen molar-refractivity contribution in [3.8, 4) is 0 Å². The maximum absolute atomic E-state index is 12.8. The Kier molecular flexibility index (Phi) is 4.31. The first-order valence-electron chi connectivity index (χ1n) is 8.44. The highest BCUT2D eigenvalue weighted by atomic mass is 16.2. The van der Waals surface area contributed by atoms with Gasteiger partial charge in [0.2, 0.25) is 11.8 Å². The van der Waals surface area contributed by atoms with Gasteiger partial charge in [0, 0.05) is 31.2 Å². The molecule has 0 saturated carbocycles. The molecule has 0 aromatic heterocycles. The molecule has 0 radical (unpaired) electrons. The summed E-state index contributed by atoms with van der Waals surface area (Å²) in [5.41, 5.74) is 6.90. The second-order valence-electron chi connectivity index (χ2n) is 7.52. The molecule has 0 spiro atoms. The number of carbonyl (C=O) groups excluding carboxylic acids is 4. The van der Waals surface area contributed by atoms with Crippen LogP contribution in [0.2, 0.25) is 0 Å². The van der Waals surface area contributed by atoms with Crippen molar-refractivity contribution in [3.05, 3.63) is 29.3 Å². The Morgan fingerprint density at radius 1 is 1.19 bits per heavy atom. The molecule has 1 aromatic rings. The molecule has 1 fully saturated rings. The van der Waals surface area contributed by atoms with Crippen molar-refractivity contribution in [2.75, 3.05) is 18.5 Å². The van der Waals surface area contributed by atoms with Gasteiger partial charge in [0.25, 0.3) is 11.8 Å². The highest BCUT2D eigenvalue weighted by molar-refractivity contribution is 6.23. The quantitative estimate of drug-likeness (QED) is 0.747. The lowest BCUT2D eigenvalue weighted by Gasteiger charge is -2.28. The van der Waals surface area contributed by atoms with Gasteiger partial charge in [-0.15, -0.1) is 0 Å². The molecule has 3 rings (SSSR count). The van der Waals surface area contributed by atoms with E-state index in [2.05, 4.69) is 5.32 Å². The van der Waals surface area contributed by atoms with Crippen LogP contribution in [0.15, 0.2) is 18.2 Å². The van der Waals surface area contributed by atoms with Gasteiger partial charge in [-0.05, 0) is 38.5 Å². The number of hydrogen-bond donors (Lipinski definition) is 2. The van der Waals surface area contributed by atoms with E-state index in [-0.39, 0.29) is 24.0 Å². The third kappa shape index (κ3) is 3.20. The Hall–Kier alpha value is -2.74. The van der Waals surface area contributed by atoms with Gasteiger partial charge >= 0.3 is 0 Å². The number of amides is 4. The number of nitrogens with two attached hydrogens (primary N) is 1. The molecule has 8 heteroatoms. The molecule has 0 aliphatic carbocycles. The highest BCUT2D eigenvalue weighted by Crippen LogP contribution is 2.30. The van der Waals surface area contributed by atoms with Crippen molar-refractivity contribution >= 4 is 29.3 Å². The van der Waals surface area contributed by atoms with E-state index in [0.29, 0.717) is 6.54 Å². The van der Waals surface area contributed by atoms with Crippen LogP contribution in [0.25, 0.3) is 0 Å². The first-order chi connectivity index (χ1) is 12.1. The predicted octanol–water partition coefficient (Wildman–Crippen LogP) is 0.261. The van der Waals surface area contributed by atoms with Gasteiger partial charge in [-0.2, -0.15) is 0 Å². The van der Waals surface area contributed by atoms with Crippen molar-refractivity contribution in [2.45, 2.75) is 38.3 Å². The van der Waals surface area contributed by atoms with Crippen LogP contribution >= 0.6 is 0 Å². The van der Waals surface area contributed by atoms with Crippen molar-refractivity contribution in [3.63, 3.8) is 0 Å². The molecule has 138 valence electrons. The monoisotopic (exact) mass is 358 g/mol. The maximum Gasteiger partial charge on any atom is 0.262 e. The normalized spacial score (nSPS) is 20.3. The number of nitrogens with zero attached hydrogens (tertiary/aromatic N) is 2. The van der Waals surface area contributed by atoms with Crippen LogP contribution in [-0.2, 0) is 9.59 Å². The molecule has 1 aromatic carbocycles. The van der Waals surface area contributed by atoms with Gasteiger partial charge in [-0.3, -0.25) is 29.4 Å². The molecule has 2 heterocycles. The fourth-order valence-electron chi connectivity index (χ4n) is 3.40. The Morgan fingerprint density at radius 2 is 1.85 bits per heavy atom. The van der Waals surface area contributed by atoms with E-state index in [1.165, 1.54) is 0 Å². The van der Waals surface area contributed by atoms with Crippen LogP contribution in [0.5, 0.6) is 0 Å². The molecule has 1 unspecified atom stereocenters. The van der Waals surface area contributed by atoms with Crippen LogP contribution in [0.4, 0.5) is 5.69 Å². The molecular formula is C18H22N4O4. The number of likely N-dealkylation sites (N-methyl/N-ethyl adjacent to an activating group) is 1. The Morgan fingerprint density at radius 3 is 2.46 bits per heavy atom. The fourth-order valence-corrected chi connectivity index (χ4v) is 3.40. The van der Waals surface area contributed by atoms with E-state index in [0.717, 1.165) is 10.6 Å². The number of fused-ring (bicyclic) bond motifs is 1. The minimum Gasteiger partial charge on any atom is -0.373 e. The average Bonchev–Trinajstić information content (AvgIpc) is 2.77. The molecule has 1 saturated heterocycles. The van der Waals surface area contributed by atoms with Crippen molar-refractivity contribution in [1.29, 1.82) is 0 Å². The minimum absolute atomic E-state index is 0.101. The lowest BCUT2D eigenvalue weighted by molar-refractivity contribution is -0.136. The predicted molar refractivity (Wildman–Crippen MR) is 94.7 cm³/mol. The van der Waals surface area contributed by atoms with Gasteiger partial charge in [0.15, 0.2) is 0 Å². The number of rotatable bonds is 4. The Bertz CT molecular complexity index is 812. The smallest absolute Gasteiger partial charge is 0.262 e. The summed E-state index contributed by atoms with van der Waals surface area (Å²) in [4.78, 5) is 51.7. The van der Waals surface area contributed by atoms with Crippen LogP contribution < -0.4 is 16.0 Å². The van der Waals surface area contributed by atoms with E-state index in [4.69, 9.17) is 5.73 Å². The maximum atomic E-state index is 12.8. The number of imide groups is 2. The summed E-state index contributed by atoms with van der Waals surface area (Å²) < 4.78 is 0. The van der Waals surface area contributed by atoms with E-state index < -0.39 is 35.2 Å². The highest BCUT2D eigenvalue weighted by Gasteiger charge is 2.44. The third-order valence-corrected chi connectivity index (χ3v) is 4.51. The van der Waals surface area contributed by atoms with Gasteiger partial charge in [-0.1, -0.05) is 0 Å². The minimum atomic E-state index is -0.954. The van der Waals surface area contributed by atoms with Crippen LogP contribution in [0.1, 0.15) is 47.4 Å². The van der Waals surface area contributed by atoms with Crippen molar-refractivity contribution in [1.82, 2.24) is 10.2 Å². The second-order valence-corrected chi connectivity index (χ2v) is 7.52. The van der Waals surface area contributed by atoms with Gasteiger partial charge < -0.3 is 10.6 Å². The largest absolute Gasteiger partial charge is 0.373 e. The summed E-state index contributed by atoms with van der Waals surface area (Å²) in [6, 6.07) is 4.04. The zero-order valence-corrected chi connectivity index (χ0v) is 15.0.